The predicted octanol–water partition coefficient (Wildman–Crippen LogP) is 2.69. The van der Waals surface area contributed by atoms with E-state index in [1.165, 1.54) is 31.3 Å². The number of carboxylic acid groups (broad SMARTS) is 2. The van der Waals surface area contributed by atoms with E-state index in [9.17, 15) is 14.7 Å². The van der Waals surface area contributed by atoms with E-state index >= 15 is 0 Å². The summed E-state index contributed by atoms with van der Waals surface area (Å²) in [6.45, 7) is 1.43. The Kier molecular flexibility index (Phi) is 5.16. The Balaban J connectivity index is 2.11. The van der Waals surface area contributed by atoms with Crippen LogP contribution >= 0.6 is 0 Å². The van der Waals surface area contributed by atoms with Crippen LogP contribution in [0.25, 0.3) is 0 Å². The average molecular weight is 329 g/mol. The highest BCUT2D eigenvalue weighted by Gasteiger charge is 2.12. The van der Waals surface area contributed by atoms with Gasteiger partial charge in [-0.2, -0.15) is 0 Å². The average Bonchev–Trinajstić information content (AvgIpc) is 2.55. The molecule has 124 valence electrons. The van der Waals surface area contributed by atoms with Crippen LogP contribution in [-0.4, -0.2) is 39.6 Å². The van der Waals surface area contributed by atoms with Crippen LogP contribution in [0.5, 0.6) is 11.5 Å². The number of aromatic hydroxyl groups is 1. The molecule has 2 aromatic rings. The normalized spacial score (nSPS) is 12.0. The maximum atomic E-state index is 11.0. The van der Waals surface area contributed by atoms with Crippen molar-refractivity contribution in [1.82, 2.24) is 0 Å². The van der Waals surface area contributed by atoms with E-state index < -0.39 is 18.0 Å². The Morgan fingerprint density at radius 1 is 1.12 bits per heavy atom. The molecule has 7 heteroatoms. The molecule has 0 saturated heterocycles. The lowest BCUT2D eigenvalue weighted by molar-refractivity contribution is -0.144. The number of hydrogen-bond donors (Lipinski definition) is 3. The van der Waals surface area contributed by atoms with Crippen molar-refractivity contribution in [2.75, 3.05) is 0 Å². The Hall–Kier alpha value is -3.35. The van der Waals surface area contributed by atoms with Crippen LogP contribution in [0.15, 0.2) is 47.5 Å². The molecule has 2 aromatic carbocycles. The van der Waals surface area contributed by atoms with Gasteiger partial charge in [0.1, 0.15) is 17.1 Å². The fourth-order valence-electron chi connectivity index (χ4n) is 1.81. The van der Waals surface area contributed by atoms with Crippen molar-refractivity contribution in [1.29, 1.82) is 0 Å². The van der Waals surface area contributed by atoms with Crippen molar-refractivity contribution < 1.29 is 29.6 Å². The second kappa shape index (κ2) is 7.28. The van der Waals surface area contributed by atoms with E-state index in [-0.39, 0.29) is 11.3 Å². The van der Waals surface area contributed by atoms with Gasteiger partial charge in [-0.1, -0.05) is 0 Å². The highest BCUT2D eigenvalue weighted by Crippen LogP contribution is 2.23. The van der Waals surface area contributed by atoms with Gasteiger partial charge in [0.25, 0.3) is 0 Å². The first-order valence-electron chi connectivity index (χ1n) is 6.96. The smallest absolute Gasteiger partial charge is 0.344 e. The van der Waals surface area contributed by atoms with Gasteiger partial charge in [-0.15, -0.1) is 0 Å². The molecule has 0 aliphatic rings. The van der Waals surface area contributed by atoms with Gasteiger partial charge in [-0.25, -0.2) is 9.59 Å². The van der Waals surface area contributed by atoms with Gasteiger partial charge < -0.3 is 20.1 Å². The highest BCUT2D eigenvalue weighted by molar-refractivity contribution is 5.92. The third-order valence-electron chi connectivity index (χ3n) is 3.11. The predicted molar refractivity (Wildman–Crippen MR) is 86.5 cm³/mol. The monoisotopic (exact) mass is 329 g/mol. The van der Waals surface area contributed by atoms with Gasteiger partial charge in [0, 0.05) is 6.21 Å². The van der Waals surface area contributed by atoms with E-state index in [0.29, 0.717) is 11.4 Å². The van der Waals surface area contributed by atoms with Crippen LogP contribution < -0.4 is 4.74 Å². The molecule has 0 aromatic heterocycles. The Morgan fingerprint density at radius 3 is 2.38 bits per heavy atom. The van der Waals surface area contributed by atoms with Crippen LogP contribution in [0.3, 0.4) is 0 Å². The number of ether oxygens (including phenoxy) is 1. The summed E-state index contributed by atoms with van der Waals surface area (Å²) in [4.78, 5) is 25.8. The van der Waals surface area contributed by atoms with Gasteiger partial charge in [-0.05, 0) is 55.0 Å². The highest BCUT2D eigenvalue weighted by atomic mass is 16.5. The number of carboxylic acids is 2. The van der Waals surface area contributed by atoms with E-state index in [0.717, 1.165) is 5.56 Å². The first kappa shape index (κ1) is 17.0. The molecule has 0 spiro atoms. The number of aliphatic imine (C=N–C) groups is 1. The van der Waals surface area contributed by atoms with Crippen molar-refractivity contribution in [3.63, 3.8) is 0 Å². The first-order chi connectivity index (χ1) is 11.4. The molecule has 1 atom stereocenters. The fraction of sp³-hybridized carbons (Fsp3) is 0.118. The standard InChI is InChI=1S/C17H15NO6/c1-10(16(20)21)24-13-5-2-11(3-6-13)9-18-12-4-7-15(19)14(8-12)17(22)23/h2-10,19H,1H3,(H,20,21)(H,22,23)/t10-/m0/s1. The minimum Gasteiger partial charge on any atom is -0.507 e. The molecule has 0 heterocycles. The van der Waals surface area contributed by atoms with Crippen LogP contribution in [0.4, 0.5) is 5.69 Å². The van der Waals surface area contributed by atoms with Crippen molar-refractivity contribution >= 4 is 23.8 Å². The molecule has 0 fully saturated rings. The minimum absolute atomic E-state index is 0.226. The number of hydrogen-bond acceptors (Lipinski definition) is 5. The van der Waals surface area contributed by atoms with Crippen LogP contribution in [-0.2, 0) is 4.79 Å². The Bertz CT molecular complexity index is 782. The lowest BCUT2D eigenvalue weighted by Crippen LogP contribution is -2.22. The molecular formula is C17H15NO6. The quantitative estimate of drug-likeness (QED) is 0.702. The van der Waals surface area contributed by atoms with E-state index in [1.807, 2.05) is 0 Å². The number of nitrogens with zero attached hydrogens (tertiary/aromatic N) is 1. The molecule has 0 radical (unpaired) electrons. The maximum Gasteiger partial charge on any atom is 0.344 e. The number of phenols is 1. The van der Waals surface area contributed by atoms with Gasteiger partial charge in [0.15, 0.2) is 6.10 Å². The minimum atomic E-state index is -1.24. The van der Waals surface area contributed by atoms with Gasteiger partial charge in [0.2, 0.25) is 0 Å². The second-order valence-corrected chi connectivity index (χ2v) is 4.93. The van der Waals surface area contributed by atoms with Crippen molar-refractivity contribution in [3.8, 4) is 11.5 Å². The molecule has 0 amide bonds. The van der Waals surface area contributed by atoms with Crippen LogP contribution in [0, 0.1) is 0 Å². The molecule has 0 saturated carbocycles. The molecule has 0 aliphatic carbocycles. The zero-order chi connectivity index (χ0) is 17.7. The molecular weight excluding hydrogens is 314 g/mol. The van der Waals surface area contributed by atoms with Crippen molar-refractivity contribution in [2.24, 2.45) is 4.99 Å². The lowest BCUT2D eigenvalue weighted by atomic mass is 10.2. The summed E-state index contributed by atoms with van der Waals surface area (Å²) >= 11 is 0. The zero-order valence-corrected chi connectivity index (χ0v) is 12.7. The largest absolute Gasteiger partial charge is 0.507 e. The summed E-state index contributed by atoms with van der Waals surface area (Å²) in [5, 5.41) is 27.2. The summed E-state index contributed by atoms with van der Waals surface area (Å²) in [5.41, 5.74) is 0.872. The summed E-state index contributed by atoms with van der Waals surface area (Å²) in [6, 6.07) is 10.6. The molecule has 7 nitrogen and oxygen atoms in total. The number of rotatable bonds is 6. The third kappa shape index (κ3) is 4.33. The number of aromatic carboxylic acids is 1. The summed E-state index contributed by atoms with van der Waals surface area (Å²) in [5.74, 6) is -2.20. The summed E-state index contributed by atoms with van der Waals surface area (Å²) < 4.78 is 5.21. The number of aliphatic carboxylic acids is 1. The summed E-state index contributed by atoms with van der Waals surface area (Å²) in [6.07, 6.45) is 0.568. The van der Waals surface area contributed by atoms with Gasteiger partial charge in [0.05, 0.1) is 5.69 Å². The van der Waals surface area contributed by atoms with E-state index in [2.05, 4.69) is 4.99 Å². The molecule has 3 N–H and O–H groups in total. The molecule has 0 unspecified atom stereocenters. The van der Waals surface area contributed by atoms with Gasteiger partial charge in [-0.3, -0.25) is 4.99 Å². The SMILES string of the molecule is C[C@H](Oc1ccc(C=Nc2ccc(O)c(C(=O)O)c2)cc1)C(=O)O. The van der Waals surface area contributed by atoms with E-state index in [1.54, 1.807) is 24.3 Å². The molecule has 0 aliphatic heterocycles. The topological polar surface area (TPSA) is 116 Å². The van der Waals surface area contributed by atoms with E-state index in [4.69, 9.17) is 14.9 Å². The maximum absolute atomic E-state index is 11.0. The molecule has 24 heavy (non-hydrogen) atoms. The third-order valence-corrected chi connectivity index (χ3v) is 3.11. The Morgan fingerprint density at radius 2 is 1.79 bits per heavy atom. The van der Waals surface area contributed by atoms with Crippen LogP contribution in [0.2, 0.25) is 0 Å². The molecule has 2 rings (SSSR count). The summed E-state index contributed by atoms with van der Waals surface area (Å²) in [7, 11) is 0. The second-order valence-electron chi connectivity index (χ2n) is 4.93. The number of benzene rings is 2. The first-order valence-corrected chi connectivity index (χ1v) is 6.96. The number of carbonyl (C=O) groups is 2. The Labute approximate surface area is 137 Å². The van der Waals surface area contributed by atoms with Crippen molar-refractivity contribution in [3.05, 3.63) is 53.6 Å². The van der Waals surface area contributed by atoms with Crippen LogP contribution in [0.1, 0.15) is 22.8 Å². The lowest BCUT2D eigenvalue weighted by Gasteiger charge is -2.09. The van der Waals surface area contributed by atoms with Gasteiger partial charge >= 0.3 is 11.9 Å². The molecule has 0 bridgehead atoms. The van der Waals surface area contributed by atoms with Crippen molar-refractivity contribution in [2.45, 2.75) is 13.0 Å². The zero-order valence-electron chi connectivity index (χ0n) is 12.7. The fourth-order valence-corrected chi connectivity index (χ4v) is 1.81.